The molecule has 1 aliphatic heterocycles. The molecule has 17 heavy (non-hydrogen) atoms. The van der Waals surface area contributed by atoms with E-state index < -0.39 is 0 Å². The number of nitrogens with zero attached hydrogens (tertiary/aromatic N) is 1. The third-order valence-corrected chi connectivity index (χ3v) is 3.75. The highest BCUT2D eigenvalue weighted by Crippen LogP contribution is 2.29. The summed E-state index contributed by atoms with van der Waals surface area (Å²) in [6, 6.07) is 6.17. The first-order valence-corrected chi connectivity index (χ1v) is 6.37. The highest BCUT2D eigenvalue weighted by Gasteiger charge is 2.23. The van der Waals surface area contributed by atoms with Crippen molar-refractivity contribution in [1.29, 1.82) is 0 Å². The van der Waals surface area contributed by atoms with Crippen LogP contribution in [0.3, 0.4) is 0 Å². The Morgan fingerprint density at radius 2 is 2.00 bits per heavy atom. The number of aryl methyl sites for hydroxylation is 1. The van der Waals surface area contributed by atoms with Crippen molar-refractivity contribution in [3.63, 3.8) is 0 Å². The summed E-state index contributed by atoms with van der Waals surface area (Å²) >= 11 is 0. The minimum absolute atomic E-state index is 0.188. The lowest BCUT2D eigenvalue weighted by atomic mass is 9.92. The molecular weight excluding hydrogens is 212 g/mol. The van der Waals surface area contributed by atoms with Crippen LogP contribution >= 0.6 is 0 Å². The summed E-state index contributed by atoms with van der Waals surface area (Å²) in [6.45, 7) is 5.96. The summed E-state index contributed by atoms with van der Waals surface area (Å²) in [6.07, 6.45) is 1.91. The Bertz CT molecular complexity index is 382. The van der Waals surface area contributed by atoms with E-state index in [1.165, 1.54) is 5.56 Å². The van der Waals surface area contributed by atoms with Crippen molar-refractivity contribution in [2.45, 2.75) is 32.8 Å². The normalized spacial score (nSPS) is 19.4. The van der Waals surface area contributed by atoms with E-state index in [0.717, 1.165) is 37.3 Å². The molecule has 1 unspecified atom stereocenters. The monoisotopic (exact) mass is 234 g/mol. The fourth-order valence-electron chi connectivity index (χ4n) is 2.55. The molecule has 0 amide bonds. The van der Waals surface area contributed by atoms with Crippen LogP contribution in [-0.4, -0.2) is 24.3 Å². The summed E-state index contributed by atoms with van der Waals surface area (Å²) in [7, 11) is 0. The SMILES string of the molecule is Cc1ccc(N)c(N2CCC(C(C)O)CC2)c1. The van der Waals surface area contributed by atoms with Crippen molar-refractivity contribution in [2.24, 2.45) is 5.92 Å². The third kappa shape index (κ3) is 2.72. The maximum Gasteiger partial charge on any atom is 0.0602 e. The second-order valence-corrected chi connectivity index (χ2v) is 5.13. The molecule has 3 N–H and O–H groups in total. The Labute approximate surface area is 103 Å². The van der Waals surface area contributed by atoms with Crippen LogP contribution in [-0.2, 0) is 0 Å². The Kier molecular flexibility index (Phi) is 3.57. The molecule has 0 aliphatic carbocycles. The molecule has 2 rings (SSSR count). The summed E-state index contributed by atoms with van der Waals surface area (Å²) in [4.78, 5) is 2.33. The number of benzene rings is 1. The fraction of sp³-hybridized carbons (Fsp3) is 0.571. The Morgan fingerprint density at radius 1 is 1.35 bits per heavy atom. The van der Waals surface area contributed by atoms with Gasteiger partial charge in [-0.15, -0.1) is 0 Å². The second-order valence-electron chi connectivity index (χ2n) is 5.13. The zero-order chi connectivity index (χ0) is 12.4. The lowest BCUT2D eigenvalue weighted by Gasteiger charge is -2.35. The van der Waals surface area contributed by atoms with E-state index in [2.05, 4.69) is 17.9 Å². The molecule has 3 heteroatoms. The predicted molar refractivity (Wildman–Crippen MR) is 72.2 cm³/mol. The van der Waals surface area contributed by atoms with E-state index in [0.29, 0.717) is 5.92 Å². The molecule has 0 saturated carbocycles. The van der Waals surface area contributed by atoms with Gasteiger partial charge < -0.3 is 15.7 Å². The highest BCUT2D eigenvalue weighted by molar-refractivity contribution is 5.68. The number of piperidine rings is 1. The standard InChI is InChI=1S/C14H22N2O/c1-10-3-4-13(15)14(9-10)16-7-5-12(6-8-16)11(2)17/h3-4,9,11-12,17H,5-8,15H2,1-2H3. The fourth-order valence-corrected chi connectivity index (χ4v) is 2.55. The second kappa shape index (κ2) is 4.96. The molecule has 1 aliphatic rings. The van der Waals surface area contributed by atoms with Crippen LogP contribution in [0.1, 0.15) is 25.3 Å². The summed E-state index contributed by atoms with van der Waals surface area (Å²) < 4.78 is 0. The molecule has 1 atom stereocenters. The summed E-state index contributed by atoms with van der Waals surface area (Å²) in [5.74, 6) is 0.442. The van der Waals surface area contributed by atoms with E-state index in [9.17, 15) is 5.11 Å². The number of anilines is 2. The third-order valence-electron chi connectivity index (χ3n) is 3.75. The first kappa shape index (κ1) is 12.2. The molecule has 1 aromatic rings. The highest BCUT2D eigenvalue weighted by atomic mass is 16.3. The van der Waals surface area contributed by atoms with Gasteiger partial charge in [-0.2, -0.15) is 0 Å². The number of rotatable bonds is 2. The quantitative estimate of drug-likeness (QED) is 0.771. The molecule has 0 spiro atoms. The number of hydrogen-bond donors (Lipinski definition) is 2. The lowest BCUT2D eigenvalue weighted by Crippen LogP contribution is -2.37. The lowest BCUT2D eigenvalue weighted by molar-refractivity contribution is 0.110. The summed E-state index contributed by atoms with van der Waals surface area (Å²) in [5, 5.41) is 9.59. The van der Waals surface area contributed by atoms with Crippen LogP contribution in [0.2, 0.25) is 0 Å². The number of aliphatic hydroxyl groups is 1. The minimum atomic E-state index is -0.188. The summed E-state index contributed by atoms with van der Waals surface area (Å²) in [5.41, 5.74) is 9.27. The van der Waals surface area contributed by atoms with Crippen LogP contribution in [0.25, 0.3) is 0 Å². The van der Waals surface area contributed by atoms with E-state index in [1.807, 2.05) is 19.1 Å². The maximum atomic E-state index is 9.59. The molecule has 1 saturated heterocycles. The van der Waals surface area contributed by atoms with Crippen LogP contribution < -0.4 is 10.6 Å². The predicted octanol–water partition coefficient (Wildman–Crippen LogP) is 2.17. The molecule has 0 bridgehead atoms. The molecule has 1 aromatic carbocycles. The van der Waals surface area contributed by atoms with Crippen molar-refractivity contribution < 1.29 is 5.11 Å². The number of nitrogens with two attached hydrogens (primary N) is 1. The van der Waals surface area contributed by atoms with E-state index in [-0.39, 0.29) is 6.10 Å². The average Bonchev–Trinajstić information content (AvgIpc) is 2.32. The maximum absolute atomic E-state index is 9.59. The molecule has 0 aromatic heterocycles. The van der Waals surface area contributed by atoms with Crippen molar-refractivity contribution in [2.75, 3.05) is 23.7 Å². The number of aliphatic hydroxyl groups excluding tert-OH is 1. The zero-order valence-corrected chi connectivity index (χ0v) is 10.7. The van der Waals surface area contributed by atoms with Crippen LogP contribution in [0.5, 0.6) is 0 Å². The average molecular weight is 234 g/mol. The van der Waals surface area contributed by atoms with Gasteiger partial charge in [-0.3, -0.25) is 0 Å². The van der Waals surface area contributed by atoms with E-state index in [4.69, 9.17) is 5.73 Å². The molecule has 1 fully saturated rings. The molecular formula is C14H22N2O. The van der Waals surface area contributed by atoms with Gasteiger partial charge >= 0.3 is 0 Å². The smallest absolute Gasteiger partial charge is 0.0602 e. The van der Waals surface area contributed by atoms with Gasteiger partial charge in [-0.1, -0.05) is 6.07 Å². The van der Waals surface area contributed by atoms with Crippen molar-refractivity contribution in [1.82, 2.24) is 0 Å². The van der Waals surface area contributed by atoms with Gasteiger partial charge in [-0.05, 0) is 50.3 Å². The van der Waals surface area contributed by atoms with Gasteiger partial charge in [0.15, 0.2) is 0 Å². The molecule has 1 heterocycles. The van der Waals surface area contributed by atoms with Crippen LogP contribution in [0.4, 0.5) is 11.4 Å². The largest absolute Gasteiger partial charge is 0.397 e. The number of hydrogen-bond acceptors (Lipinski definition) is 3. The van der Waals surface area contributed by atoms with Crippen LogP contribution in [0.15, 0.2) is 18.2 Å². The van der Waals surface area contributed by atoms with Gasteiger partial charge in [0, 0.05) is 13.1 Å². The Hall–Kier alpha value is -1.22. The topological polar surface area (TPSA) is 49.5 Å². The molecule has 94 valence electrons. The van der Waals surface area contributed by atoms with Gasteiger partial charge in [0.05, 0.1) is 17.5 Å². The molecule has 3 nitrogen and oxygen atoms in total. The van der Waals surface area contributed by atoms with E-state index >= 15 is 0 Å². The Morgan fingerprint density at radius 3 is 2.59 bits per heavy atom. The van der Waals surface area contributed by atoms with Crippen molar-refractivity contribution in [3.8, 4) is 0 Å². The number of nitrogen functional groups attached to an aromatic ring is 1. The van der Waals surface area contributed by atoms with Gasteiger partial charge in [0.2, 0.25) is 0 Å². The zero-order valence-electron chi connectivity index (χ0n) is 10.7. The van der Waals surface area contributed by atoms with Crippen molar-refractivity contribution >= 4 is 11.4 Å². The first-order chi connectivity index (χ1) is 8.08. The van der Waals surface area contributed by atoms with Gasteiger partial charge in [0.25, 0.3) is 0 Å². The first-order valence-electron chi connectivity index (χ1n) is 6.37. The van der Waals surface area contributed by atoms with Crippen molar-refractivity contribution in [3.05, 3.63) is 23.8 Å². The molecule has 0 radical (unpaired) electrons. The van der Waals surface area contributed by atoms with Crippen LogP contribution in [0, 0.1) is 12.8 Å². The Balaban J connectivity index is 2.07. The minimum Gasteiger partial charge on any atom is -0.397 e. The van der Waals surface area contributed by atoms with Gasteiger partial charge in [-0.25, -0.2) is 0 Å². The van der Waals surface area contributed by atoms with Gasteiger partial charge in [0.1, 0.15) is 0 Å². The van der Waals surface area contributed by atoms with E-state index in [1.54, 1.807) is 0 Å².